The van der Waals surface area contributed by atoms with Gasteiger partial charge in [0.2, 0.25) is 0 Å². The fourth-order valence-electron chi connectivity index (χ4n) is 1.94. The summed E-state index contributed by atoms with van der Waals surface area (Å²) in [6, 6.07) is 0. The maximum absolute atomic E-state index is 2.31. The Hall–Kier alpha value is 0.519. The Balaban J connectivity index is 2.83. The molecule has 16 heavy (non-hydrogen) atoms. The Labute approximate surface area is 110 Å². The summed E-state index contributed by atoms with van der Waals surface area (Å²) in [6.07, 6.45) is 16.1. The molecule has 0 bridgehead atoms. The van der Waals surface area contributed by atoms with Crippen LogP contribution >= 0.6 is 0 Å². The average Bonchev–Trinajstić information content (AvgIpc) is 2.31. The van der Waals surface area contributed by atoms with Crippen molar-refractivity contribution in [1.82, 2.24) is 0 Å². The molecule has 0 saturated carbocycles. The van der Waals surface area contributed by atoms with E-state index < -0.39 is 0 Å². The van der Waals surface area contributed by atoms with Gasteiger partial charge in [-0.05, 0) is 0 Å². The van der Waals surface area contributed by atoms with E-state index in [1.54, 1.807) is 0 Å². The van der Waals surface area contributed by atoms with E-state index >= 15 is 0 Å². The van der Waals surface area contributed by atoms with Gasteiger partial charge in [0.05, 0.1) is 0 Å². The molecule has 0 nitrogen and oxygen atoms in total. The standard InChI is InChI=1S/C15H32Se/c1-3-5-6-7-8-9-10-11-12-13-15-16-14-4-2/h3-15H2,1-2H3. The van der Waals surface area contributed by atoms with Crippen LogP contribution in [0, 0.1) is 0 Å². The van der Waals surface area contributed by atoms with Gasteiger partial charge in [0.25, 0.3) is 0 Å². The summed E-state index contributed by atoms with van der Waals surface area (Å²) >= 11 is 0.967. The van der Waals surface area contributed by atoms with Crippen molar-refractivity contribution in [1.29, 1.82) is 0 Å². The van der Waals surface area contributed by atoms with E-state index in [1.807, 2.05) is 0 Å². The molecular weight excluding hydrogens is 259 g/mol. The van der Waals surface area contributed by atoms with Crippen LogP contribution in [0.25, 0.3) is 0 Å². The van der Waals surface area contributed by atoms with E-state index in [0.717, 1.165) is 15.0 Å². The van der Waals surface area contributed by atoms with Gasteiger partial charge >= 0.3 is 110 Å². The second-order valence-electron chi connectivity index (χ2n) is 4.79. The molecule has 0 unspecified atom stereocenters. The molecule has 0 aliphatic heterocycles. The van der Waals surface area contributed by atoms with Crippen molar-refractivity contribution in [3.63, 3.8) is 0 Å². The number of hydrogen-bond acceptors (Lipinski definition) is 0. The summed E-state index contributed by atoms with van der Waals surface area (Å²) < 4.78 is 0. The van der Waals surface area contributed by atoms with Crippen molar-refractivity contribution in [2.24, 2.45) is 0 Å². The van der Waals surface area contributed by atoms with Crippen molar-refractivity contribution in [3.05, 3.63) is 0 Å². The molecule has 98 valence electrons. The predicted molar refractivity (Wildman–Crippen MR) is 77.5 cm³/mol. The molecule has 0 rings (SSSR count). The first kappa shape index (κ1) is 16.5. The predicted octanol–water partition coefficient (Wildman–Crippen LogP) is 5.86. The summed E-state index contributed by atoms with van der Waals surface area (Å²) in [5.74, 6) is 0. The van der Waals surface area contributed by atoms with Crippen LogP contribution in [0.1, 0.15) is 84.5 Å². The SMILES string of the molecule is CCCCCCCCCCCC[Se]CCC. The van der Waals surface area contributed by atoms with Crippen molar-refractivity contribution in [3.8, 4) is 0 Å². The van der Waals surface area contributed by atoms with Crippen LogP contribution < -0.4 is 0 Å². The van der Waals surface area contributed by atoms with E-state index in [9.17, 15) is 0 Å². The molecule has 0 amide bonds. The molecule has 0 N–H and O–H groups in total. The Kier molecular flexibility index (Phi) is 16.0. The fraction of sp³-hybridized carbons (Fsp3) is 1.00. The Bertz CT molecular complexity index is 98.0. The van der Waals surface area contributed by atoms with Crippen LogP contribution in [0.15, 0.2) is 0 Å². The van der Waals surface area contributed by atoms with Crippen LogP contribution in [0.3, 0.4) is 0 Å². The molecule has 0 aromatic rings. The van der Waals surface area contributed by atoms with Crippen LogP contribution in [0.2, 0.25) is 10.6 Å². The third-order valence-electron chi connectivity index (χ3n) is 2.99. The van der Waals surface area contributed by atoms with Crippen LogP contribution in [-0.4, -0.2) is 15.0 Å². The Morgan fingerprint density at radius 3 is 1.50 bits per heavy atom. The van der Waals surface area contributed by atoms with E-state index in [2.05, 4.69) is 13.8 Å². The van der Waals surface area contributed by atoms with Gasteiger partial charge in [-0.25, -0.2) is 0 Å². The van der Waals surface area contributed by atoms with Crippen LogP contribution in [0.5, 0.6) is 0 Å². The van der Waals surface area contributed by atoms with Gasteiger partial charge in [0.15, 0.2) is 0 Å². The van der Waals surface area contributed by atoms with Gasteiger partial charge in [-0.1, -0.05) is 0 Å². The quantitative estimate of drug-likeness (QED) is 0.294. The molecule has 1 heteroatoms. The molecule has 0 aliphatic rings. The second-order valence-corrected chi connectivity index (χ2v) is 7.36. The van der Waals surface area contributed by atoms with Gasteiger partial charge in [-0.2, -0.15) is 0 Å². The van der Waals surface area contributed by atoms with Gasteiger partial charge in [0.1, 0.15) is 0 Å². The van der Waals surface area contributed by atoms with Gasteiger partial charge in [-0.15, -0.1) is 0 Å². The molecule has 0 spiro atoms. The third-order valence-corrected chi connectivity index (χ3v) is 5.66. The molecule has 0 aromatic heterocycles. The summed E-state index contributed by atoms with van der Waals surface area (Å²) in [5, 5.41) is 3.04. The van der Waals surface area contributed by atoms with Gasteiger partial charge in [-0.3, -0.25) is 0 Å². The number of unbranched alkanes of at least 4 members (excludes halogenated alkanes) is 9. The second kappa shape index (κ2) is 15.5. The monoisotopic (exact) mass is 292 g/mol. The third kappa shape index (κ3) is 14.5. The minimum atomic E-state index is 0.967. The number of hydrogen-bond donors (Lipinski definition) is 0. The molecular formula is C15H32Se. The fourth-order valence-corrected chi connectivity index (χ4v) is 3.83. The van der Waals surface area contributed by atoms with Crippen molar-refractivity contribution in [2.45, 2.75) is 95.1 Å². The molecule has 0 aromatic carbocycles. The molecule has 0 radical (unpaired) electrons. The summed E-state index contributed by atoms with van der Waals surface area (Å²) in [6.45, 7) is 4.60. The maximum atomic E-state index is 2.31. The van der Waals surface area contributed by atoms with Crippen molar-refractivity contribution < 1.29 is 0 Å². The molecule has 0 saturated heterocycles. The van der Waals surface area contributed by atoms with Crippen LogP contribution in [-0.2, 0) is 0 Å². The summed E-state index contributed by atoms with van der Waals surface area (Å²) in [4.78, 5) is 0. The normalized spacial score (nSPS) is 10.9. The Morgan fingerprint density at radius 2 is 1.00 bits per heavy atom. The Morgan fingerprint density at radius 1 is 0.500 bits per heavy atom. The van der Waals surface area contributed by atoms with E-state index in [0.29, 0.717) is 0 Å². The first-order valence-electron chi connectivity index (χ1n) is 7.49. The zero-order chi connectivity index (χ0) is 11.9. The van der Waals surface area contributed by atoms with Crippen molar-refractivity contribution >= 4 is 15.0 Å². The van der Waals surface area contributed by atoms with Gasteiger partial charge in [0, 0.05) is 0 Å². The molecule has 0 fully saturated rings. The van der Waals surface area contributed by atoms with E-state index in [1.165, 1.54) is 81.3 Å². The van der Waals surface area contributed by atoms with E-state index in [4.69, 9.17) is 0 Å². The average molecular weight is 291 g/mol. The first-order valence-corrected chi connectivity index (χ1v) is 9.91. The molecule has 0 atom stereocenters. The van der Waals surface area contributed by atoms with Gasteiger partial charge < -0.3 is 0 Å². The zero-order valence-electron chi connectivity index (χ0n) is 11.6. The zero-order valence-corrected chi connectivity index (χ0v) is 13.3. The first-order chi connectivity index (χ1) is 7.91. The molecule has 0 heterocycles. The number of rotatable bonds is 13. The topological polar surface area (TPSA) is 0 Å². The summed E-state index contributed by atoms with van der Waals surface area (Å²) in [7, 11) is 0. The molecule has 0 aliphatic carbocycles. The van der Waals surface area contributed by atoms with Crippen molar-refractivity contribution in [2.75, 3.05) is 0 Å². The summed E-state index contributed by atoms with van der Waals surface area (Å²) in [5.41, 5.74) is 0. The minimum absolute atomic E-state index is 0.967. The van der Waals surface area contributed by atoms with Crippen LogP contribution in [0.4, 0.5) is 0 Å². The van der Waals surface area contributed by atoms with E-state index in [-0.39, 0.29) is 0 Å².